The van der Waals surface area contributed by atoms with Gasteiger partial charge in [-0.1, -0.05) is 25.5 Å². The molecule has 0 spiro atoms. The second-order valence-corrected chi connectivity index (χ2v) is 4.63. The maximum absolute atomic E-state index is 14.0. The van der Waals surface area contributed by atoms with Crippen LogP contribution in [-0.2, 0) is 6.54 Å². The lowest BCUT2D eigenvalue weighted by Crippen LogP contribution is -2.27. The largest absolute Gasteiger partial charge is 0.494 e. The summed E-state index contributed by atoms with van der Waals surface area (Å²) in [7, 11) is 1.48. The molecule has 0 saturated carbocycles. The van der Waals surface area contributed by atoms with Crippen molar-refractivity contribution in [1.29, 1.82) is 0 Å². The SMILES string of the molecule is CCCCN(CCCl)Cc1cccc(OC)c1F. The van der Waals surface area contributed by atoms with E-state index >= 15 is 0 Å². The van der Waals surface area contributed by atoms with Gasteiger partial charge in [-0.05, 0) is 19.0 Å². The number of hydrogen-bond acceptors (Lipinski definition) is 2. The summed E-state index contributed by atoms with van der Waals surface area (Å²) in [5, 5.41) is 0. The van der Waals surface area contributed by atoms with Gasteiger partial charge in [-0.2, -0.15) is 0 Å². The molecule has 0 amide bonds. The summed E-state index contributed by atoms with van der Waals surface area (Å²) in [5.74, 6) is 0.597. The molecule has 0 radical (unpaired) electrons. The summed E-state index contributed by atoms with van der Waals surface area (Å²) in [6.07, 6.45) is 2.22. The molecule has 0 aliphatic carbocycles. The maximum Gasteiger partial charge on any atom is 0.169 e. The van der Waals surface area contributed by atoms with Crippen LogP contribution in [0.5, 0.6) is 5.75 Å². The van der Waals surface area contributed by atoms with E-state index in [1.807, 2.05) is 6.07 Å². The van der Waals surface area contributed by atoms with E-state index in [2.05, 4.69) is 11.8 Å². The summed E-state index contributed by atoms with van der Waals surface area (Å²) >= 11 is 5.78. The number of unbranched alkanes of at least 4 members (excludes halogenated alkanes) is 1. The Labute approximate surface area is 114 Å². The Bertz CT molecular complexity index is 360. The number of methoxy groups -OCH3 is 1. The third-order valence-electron chi connectivity index (χ3n) is 2.89. The van der Waals surface area contributed by atoms with Crippen LogP contribution in [0.25, 0.3) is 0 Å². The topological polar surface area (TPSA) is 12.5 Å². The second-order valence-electron chi connectivity index (χ2n) is 4.25. The first-order chi connectivity index (χ1) is 8.72. The predicted octanol–water partition coefficient (Wildman–Crippen LogP) is 3.68. The molecule has 0 aliphatic rings. The maximum atomic E-state index is 14.0. The molecule has 1 aromatic carbocycles. The summed E-state index contributed by atoms with van der Waals surface area (Å²) < 4.78 is 19.0. The average molecular weight is 274 g/mol. The fourth-order valence-corrected chi connectivity index (χ4v) is 2.09. The third-order valence-corrected chi connectivity index (χ3v) is 3.05. The van der Waals surface area contributed by atoms with E-state index in [0.29, 0.717) is 23.7 Å². The van der Waals surface area contributed by atoms with Crippen LogP contribution in [0.3, 0.4) is 0 Å². The van der Waals surface area contributed by atoms with Crippen molar-refractivity contribution in [3.63, 3.8) is 0 Å². The standard InChI is InChI=1S/C14H21ClFNO/c1-3-4-9-17(10-8-15)11-12-6-5-7-13(18-2)14(12)16/h5-7H,3-4,8-11H2,1-2H3. The monoisotopic (exact) mass is 273 g/mol. The van der Waals surface area contributed by atoms with Crippen molar-refractivity contribution in [3.05, 3.63) is 29.6 Å². The molecule has 0 N–H and O–H groups in total. The van der Waals surface area contributed by atoms with Crippen LogP contribution in [0, 0.1) is 5.82 Å². The number of rotatable bonds is 8. The number of hydrogen-bond donors (Lipinski definition) is 0. The quantitative estimate of drug-likeness (QED) is 0.670. The van der Waals surface area contributed by atoms with Gasteiger partial charge >= 0.3 is 0 Å². The molecular weight excluding hydrogens is 253 g/mol. The highest BCUT2D eigenvalue weighted by molar-refractivity contribution is 6.18. The first-order valence-electron chi connectivity index (χ1n) is 6.32. The molecule has 18 heavy (non-hydrogen) atoms. The van der Waals surface area contributed by atoms with Gasteiger partial charge in [-0.25, -0.2) is 4.39 Å². The molecule has 1 aromatic rings. The van der Waals surface area contributed by atoms with E-state index < -0.39 is 0 Å². The van der Waals surface area contributed by atoms with Gasteiger partial charge in [0.15, 0.2) is 11.6 Å². The lowest BCUT2D eigenvalue weighted by Gasteiger charge is -2.21. The van der Waals surface area contributed by atoms with Gasteiger partial charge in [0.2, 0.25) is 0 Å². The summed E-state index contributed by atoms with van der Waals surface area (Å²) in [6, 6.07) is 5.25. The van der Waals surface area contributed by atoms with E-state index in [9.17, 15) is 4.39 Å². The van der Waals surface area contributed by atoms with Crippen LogP contribution >= 0.6 is 11.6 Å². The Morgan fingerprint density at radius 1 is 1.33 bits per heavy atom. The zero-order valence-corrected chi connectivity index (χ0v) is 11.8. The Hall–Kier alpha value is -0.800. The number of nitrogens with zero attached hydrogens (tertiary/aromatic N) is 1. The van der Waals surface area contributed by atoms with Gasteiger partial charge in [0.25, 0.3) is 0 Å². The number of ether oxygens (including phenoxy) is 1. The normalized spacial score (nSPS) is 10.9. The van der Waals surface area contributed by atoms with Gasteiger partial charge in [-0.15, -0.1) is 11.6 Å². The van der Waals surface area contributed by atoms with Crippen molar-refractivity contribution in [2.75, 3.05) is 26.1 Å². The lowest BCUT2D eigenvalue weighted by atomic mass is 10.1. The van der Waals surface area contributed by atoms with Gasteiger partial charge in [0.1, 0.15) is 0 Å². The molecule has 0 aromatic heterocycles. The Balaban J connectivity index is 2.73. The Morgan fingerprint density at radius 3 is 2.72 bits per heavy atom. The number of benzene rings is 1. The summed E-state index contributed by atoms with van der Waals surface area (Å²) in [4.78, 5) is 2.17. The fraction of sp³-hybridized carbons (Fsp3) is 0.571. The van der Waals surface area contributed by atoms with Crippen LogP contribution in [0.1, 0.15) is 25.3 Å². The van der Waals surface area contributed by atoms with Crippen LogP contribution in [0.4, 0.5) is 4.39 Å². The van der Waals surface area contributed by atoms with Crippen molar-refractivity contribution in [1.82, 2.24) is 4.90 Å². The Kier molecular flexibility index (Phi) is 7.06. The molecule has 0 heterocycles. The molecule has 0 unspecified atom stereocenters. The highest BCUT2D eigenvalue weighted by Crippen LogP contribution is 2.21. The molecule has 0 atom stereocenters. The summed E-state index contributed by atoms with van der Waals surface area (Å²) in [5.41, 5.74) is 0.663. The molecule has 0 saturated heterocycles. The van der Waals surface area contributed by atoms with Crippen LogP contribution < -0.4 is 4.74 Å². The third kappa shape index (κ3) is 4.46. The van der Waals surface area contributed by atoms with E-state index in [1.165, 1.54) is 7.11 Å². The van der Waals surface area contributed by atoms with Crippen LogP contribution in [-0.4, -0.2) is 31.0 Å². The zero-order valence-electron chi connectivity index (χ0n) is 11.1. The molecule has 102 valence electrons. The van der Waals surface area contributed by atoms with Crippen molar-refractivity contribution in [3.8, 4) is 5.75 Å². The van der Waals surface area contributed by atoms with Gasteiger partial charge in [-0.3, -0.25) is 4.90 Å². The van der Waals surface area contributed by atoms with E-state index in [-0.39, 0.29) is 5.82 Å². The first-order valence-corrected chi connectivity index (χ1v) is 6.86. The smallest absolute Gasteiger partial charge is 0.169 e. The van der Waals surface area contributed by atoms with Gasteiger partial charge in [0, 0.05) is 24.5 Å². The minimum absolute atomic E-state index is 0.268. The average Bonchev–Trinajstić information content (AvgIpc) is 2.38. The minimum atomic E-state index is -0.268. The van der Waals surface area contributed by atoms with Crippen LogP contribution in [0.2, 0.25) is 0 Å². The molecule has 1 rings (SSSR count). The highest BCUT2D eigenvalue weighted by atomic mass is 35.5. The zero-order chi connectivity index (χ0) is 13.4. The van der Waals surface area contributed by atoms with Crippen LogP contribution in [0.15, 0.2) is 18.2 Å². The molecule has 0 fully saturated rings. The molecule has 4 heteroatoms. The highest BCUT2D eigenvalue weighted by Gasteiger charge is 2.12. The molecule has 2 nitrogen and oxygen atoms in total. The molecular formula is C14H21ClFNO. The molecule has 0 bridgehead atoms. The number of alkyl halides is 1. The predicted molar refractivity (Wildman–Crippen MR) is 73.9 cm³/mol. The van der Waals surface area contributed by atoms with E-state index in [4.69, 9.17) is 16.3 Å². The minimum Gasteiger partial charge on any atom is -0.494 e. The van der Waals surface area contributed by atoms with Crippen molar-refractivity contribution < 1.29 is 9.13 Å². The first kappa shape index (κ1) is 15.3. The van der Waals surface area contributed by atoms with Gasteiger partial charge in [0.05, 0.1) is 7.11 Å². The van der Waals surface area contributed by atoms with Crippen molar-refractivity contribution >= 4 is 11.6 Å². The van der Waals surface area contributed by atoms with E-state index in [0.717, 1.165) is 25.9 Å². The van der Waals surface area contributed by atoms with Crippen molar-refractivity contribution in [2.45, 2.75) is 26.3 Å². The number of halogens is 2. The fourth-order valence-electron chi connectivity index (χ4n) is 1.85. The summed E-state index contributed by atoms with van der Waals surface area (Å²) in [6.45, 7) is 4.44. The van der Waals surface area contributed by atoms with Crippen molar-refractivity contribution in [2.24, 2.45) is 0 Å². The lowest BCUT2D eigenvalue weighted by molar-refractivity contribution is 0.271. The van der Waals surface area contributed by atoms with Gasteiger partial charge < -0.3 is 4.74 Å². The van der Waals surface area contributed by atoms with E-state index in [1.54, 1.807) is 12.1 Å². The second kappa shape index (κ2) is 8.33. The Morgan fingerprint density at radius 2 is 2.11 bits per heavy atom. The molecule has 0 aliphatic heterocycles.